The first-order valence-electron chi connectivity index (χ1n) is 7.88. The fraction of sp³-hybridized carbons (Fsp3) is 0.647. The molecule has 0 spiro atoms. The van der Waals surface area contributed by atoms with Crippen molar-refractivity contribution in [2.75, 3.05) is 6.54 Å². The van der Waals surface area contributed by atoms with Crippen LogP contribution < -0.4 is 5.32 Å². The lowest BCUT2D eigenvalue weighted by atomic mass is 9.81. The molecule has 2 rings (SSSR count). The number of hydrogen-bond donors (Lipinski definition) is 1. The maximum atomic E-state index is 13.1. The molecule has 1 saturated carbocycles. The van der Waals surface area contributed by atoms with E-state index in [2.05, 4.69) is 12.2 Å². The Morgan fingerprint density at radius 1 is 1.30 bits per heavy atom. The Morgan fingerprint density at radius 2 is 2.05 bits per heavy atom. The summed E-state index contributed by atoms with van der Waals surface area (Å²) in [5, 5.41) is 4.24. The third-order valence-corrected chi connectivity index (χ3v) is 4.68. The minimum Gasteiger partial charge on any atom is -0.313 e. The summed E-state index contributed by atoms with van der Waals surface area (Å²) < 4.78 is 13.1. The quantitative estimate of drug-likeness (QED) is 0.781. The van der Waals surface area contributed by atoms with Gasteiger partial charge >= 0.3 is 0 Å². The highest BCUT2D eigenvalue weighted by Gasteiger charge is 2.24. The second kappa shape index (κ2) is 7.99. The van der Waals surface area contributed by atoms with E-state index in [-0.39, 0.29) is 5.82 Å². The molecule has 0 heterocycles. The fourth-order valence-corrected chi connectivity index (χ4v) is 3.44. The summed E-state index contributed by atoms with van der Waals surface area (Å²) in [6.07, 6.45) is 8.71. The molecule has 0 aliphatic heterocycles. The van der Waals surface area contributed by atoms with Crippen molar-refractivity contribution in [2.45, 2.75) is 57.9 Å². The average molecular weight is 298 g/mol. The number of halogens is 2. The van der Waals surface area contributed by atoms with Crippen LogP contribution >= 0.6 is 11.6 Å². The Bertz CT molecular complexity index is 415. The van der Waals surface area contributed by atoms with Crippen molar-refractivity contribution < 1.29 is 4.39 Å². The third kappa shape index (κ3) is 4.46. The van der Waals surface area contributed by atoms with E-state index in [0.717, 1.165) is 30.9 Å². The Balaban J connectivity index is 2.05. The summed E-state index contributed by atoms with van der Waals surface area (Å²) in [6, 6.07) is 5.24. The molecule has 0 amide bonds. The molecule has 1 nitrogen and oxygen atoms in total. The van der Waals surface area contributed by atoms with Crippen molar-refractivity contribution in [1.82, 2.24) is 5.32 Å². The molecule has 1 unspecified atom stereocenters. The zero-order valence-corrected chi connectivity index (χ0v) is 13.1. The predicted molar refractivity (Wildman–Crippen MR) is 83.8 cm³/mol. The number of benzene rings is 1. The van der Waals surface area contributed by atoms with Crippen LogP contribution in [0.2, 0.25) is 5.02 Å². The number of nitrogens with one attached hydrogen (secondary N) is 1. The molecule has 1 aliphatic carbocycles. The van der Waals surface area contributed by atoms with E-state index in [1.54, 1.807) is 0 Å². The van der Waals surface area contributed by atoms with Crippen LogP contribution in [0, 0.1) is 11.7 Å². The maximum Gasteiger partial charge on any atom is 0.124 e. The van der Waals surface area contributed by atoms with Gasteiger partial charge in [-0.3, -0.25) is 0 Å². The first-order valence-corrected chi connectivity index (χ1v) is 8.25. The summed E-state index contributed by atoms with van der Waals surface area (Å²) in [6.45, 7) is 3.23. The van der Waals surface area contributed by atoms with Gasteiger partial charge in [0.25, 0.3) is 0 Å². The van der Waals surface area contributed by atoms with Crippen LogP contribution in [0.15, 0.2) is 18.2 Å². The van der Waals surface area contributed by atoms with Gasteiger partial charge in [-0.1, -0.05) is 43.9 Å². The minimum absolute atomic E-state index is 0.255. The highest BCUT2D eigenvalue weighted by Crippen LogP contribution is 2.29. The van der Waals surface area contributed by atoms with E-state index in [0.29, 0.717) is 11.1 Å². The van der Waals surface area contributed by atoms with Crippen molar-refractivity contribution in [3.05, 3.63) is 34.6 Å². The van der Waals surface area contributed by atoms with E-state index in [1.165, 1.54) is 44.2 Å². The maximum absolute atomic E-state index is 13.1. The highest BCUT2D eigenvalue weighted by molar-refractivity contribution is 6.31. The van der Waals surface area contributed by atoms with Gasteiger partial charge in [-0.25, -0.2) is 4.39 Å². The monoisotopic (exact) mass is 297 g/mol. The zero-order chi connectivity index (χ0) is 14.4. The average Bonchev–Trinajstić information content (AvgIpc) is 2.46. The Hall–Kier alpha value is -0.600. The van der Waals surface area contributed by atoms with Gasteiger partial charge in [-0.05, 0) is 55.8 Å². The summed E-state index contributed by atoms with van der Waals surface area (Å²) >= 11 is 6.18. The molecule has 112 valence electrons. The topological polar surface area (TPSA) is 12.0 Å². The van der Waals surface area contributed by atoms with E-state index in [4.69, 9.17) is 11.6 Å². The van der Waals surface area contributed by atoms with Crippen LogP contribution in [0.1, 0.15) is 51.0 Å². The molecule has 1 aromatic carbocycles. The predicted octanol–water partition coefficient (Wildman–Crippen LogP) is 4.97. The summed E-state index contributed by atoms with van der Waals surface area (Å²) in [7, 11) is 0. The molecule has 1 aromatic rings. The van der Waals surface area contributed by atoms with E-state index >= 15 is 0 Å². The van der Waals surface area contributed by atoms with Gasteiger partial charge in [0.2, 0.25) is 0 Å². The lowest BCUT2D eigenvalue weighted by molar-refractivity contribution is 0.267. The lowest BCUT2D eigenvalue weighted by Crippen LogP contribution is -2.39. The number of rotatable bonds is 6. The molecular formula is C17H25ClFN. The van der Waals surface area contributed by atoms with E-state index in [1.807, 2.05) is 6.07 Å². The highest BCUT2D eigenvalue weighted by atomic mass is 35.5. The summed E-state index contributed by atoms with van der Waals surface area (Å²) in [4.78, 5) is 0. The summed E-state index contributed by atoms with van der Waals surface area (Å²) in [5.41, 5.74) is 1.06. The molecule has 1 atom stereocenters. The zero-order valence-electron chi connectivity index (χ0n) is 12.3. The first kappa shape index (κ1) is 15.8. The molecule has 20 heavy (non-hydrogen) atoms. The molecule has 0 aromatic heterocycles. The molecule has 0 bridgehead atoms. The van der Waals surface area contributed by atoms with Gasteiger partial charge in [0.1, 0.15) is 5.82 Å². The van der Waals surface area contributed by atoms with Gasteiger partial charge < -0.3 is 5.32 Å². The lowest BCUT2D eigenvalue weighted by Gasteiger charge is -2.31. The molecule has 0 radical (unpaired) electrons. The largest absolute Gasteiger partial charge is 0.313 e. The molecule has 1 fully saturated rings. The van der Waals surface area contributed by atoms with Crippen LogP contribution in [0.5, 0.6) is 0 Å². The van der Waals surface area contributed by atoms with Gasteiger partial charge in [-0.15, -0.1) is 0 Å². The Labute approximate surface area is 126 Å². The van der Waals surface area contributed by atoms with Crippen LogP contribution in [0.25, 0.3) is 0 Å². The minimum atomic E-state index is -0.255. The first-order chi connectivity index (χ1) is 9.70. The van der Waals surface area contributed by atoms with E-state index < -0.39 is 0 Å². The van der Waals surface area contributed by atoms with Crippen molar-refractivity contribution in [2.24, 2.45) is 5.92 Å². The molecule has 3 heteroatoms. The SMILES string of the molecule is CCCNC(Cc1ccc(F)cc1Cl)C1CCCCC1. The van der Waals surface area contributed by atoms with E-state index in [9.17, 15) is 4.39 Å². The molecule has 1 aliphatic rings. The normalized spacial score (nSPS) is 18.1. The second-order valence-electron chi connectivity index (χ2n) is 5.90. The van der Waals surface area contributed by atoms with Crippen molar-refractivity contribution >= 4 is 11.6 Å². The molecule has 1 N–H and O–H groups in total. The molecular weight excluding hydrogens is 273 g/mol. The Morgan fingerprint density at radius 3 is 2.70 bits per heavy atom. The fourth-order valence-electron chi connectivity index (χ4n) is 3.20. The third-order valence-electron chi connectivity index (χ3n) is 4.33. The van der Waals surface area contributed by atoms with Gasteiger partial charge in [0.05, 0.1) is 0 Å². The van der Waals surface area contributed by atoms with Crippen molar-refractivity contribution in [3.63, 3.8) is 0 Å². The second-order valence-corrected chi connectivity index (χ2v) is 6.31. The smallest absolute Gasteiger partial charge is 0.124 e. The summed E-state index contributed by atoms with van der Waals surface area (Å²) in [5.74, 6) is 0.478. The molecule has 0 saturated heterocycles. The Kier molecular flexibility index (Phi) is 6.31. The van der Waals surface area contributed by atoms with Crippen LogP contribution in [0.4, 0.5) is 4.39 Å². The number of hydrogen-bond acceptors (Lipinski definition) is 1. The van der Waals surface area contributed by atoms with Crippen LogP contribution in [0.3, 0.4) is 0 Å². The van der Waals surface area contributed by atoms with Crippen molar-refractivity contribution in [1.29, 1.82) is 0 Å². The van der Waals surface area contributed by atoms with Gasteiger partial charge in [0.15, 0.2) is 0 Å². The van der Waals surface area contributed by atoms with Crippen LogP contribution in [-0.4, -0.2) is 12.6 Å². The van der Waals surface area contributed by atoms with Crippen LogP contribution in [-0.2, 0) is 6.42 Å². The van der Waals surface area contributed by atoms with Gasteiger partial charge in [-0.2, -0.15) is 0 Å². The van der Waals surface area contributed by atoms with Crippen molar-refractivity contribution in [3.8, 4) is 0 Å². The standard InChI is InChI=1S/C17H25ClFN/c1-2-10-20-17(13-6-4-3-5-7-13)11-14-8-9-15(19)12-16(14)18/h8-9,12-13,17,20H,2-7,10-11H2,1H3. The van der Waals surface area contributed by atoms with Gasteiger partial charge in [0, 0.05) is 11.1 Å².